The van der Waals surface area contributed by atoms with Gasteiger partial charge in [-0.15, -0.1) is 0 Å². The maximum Gasteiger partial charge on any atom is 0.266 e. The highest BCUT2D eigenvalue weighted by Crippen LogP contribution is 2.34. The Labute approximate surface area is 189 Å². The molecule has 3 aromatic carbocycles. The van der Waals surface area contributed by atoms with Crippen molar-refractivity contribution in [2.24, 2.45) is 4.99 Å². The van der Waals surface area contributed by atoms with Gasteiger partial charge in [0.2, 0.25) is 0 Å². The lowest BCUT2D eigenvalue weighted by atomic mass is 10.1. The molecule has 1 aliphatic heterocycles. The van der Waals surface area contributed by atoms with Crippen LogP contribution in [0.4, 0.5) is 5.69 Å². The molecule has 1 fully saturated rings. The Morgan fingerprint density at radius 3 is 2.37 bits per heavy atom. The third-order valence-electron chi connectivity index (χ3n) is 4.78. The van der Waals surface area contributed by atoms with Crippen molar-refractivity contribution in [3.8, 4) is 0 Å². The highest BCUT2D eigenvalue weighted by molar-refractivity contribution is 9.10. The molecule has 0 bridgehead atoms. The van der Waals surface area contributed by atoms with Crippen LogP contribution in [0.2, 0.25) is 0 Å². The number of hydrogen-bond donors (Lipinski definition) is 0. The summed E-state index contributed by atoms with van der Waals surface area (Å²) in [5, 5.41) is 0.725. The molecule has 3 nitrogen and oxygen atoms in total. The van der Waals surface area contributed by atoms with Crippen LogP contribution in [0.25, 0.3) is 6.08 Å². The van der Waals surface area contributed by atoms with Crippen LogP contribution in [0.5, 0.6) is 0 Å². The van der Waals surface area contributed by atoms with Crippen molar-refractivity contribution in [3.63, 3.8) is 0 Å². The molecule has 1 amide bonds. The molecule has 4 rings (SSSR count). The number of aryl methyl sites for hydroxylation is 1. The first-order valence-corrected chi connectivity index (χ1v) is 11.4. The number of halogens is 1. The van der Waals surface area contributed by atoms with E-state index in [-0.39, 0.29) is 5.91 Å². The summed E-state index contributed by atoms with van der Waals surface area (Å²) >= 11 is 4.89. The Kier molecular flexibility index (Phi) is 6.50. The van der Waals surface area contributed by atoms with Gasteiger partial charge in [0, 0.05) is 11.0 Å². The SMILES string of the molecule is Cc1ccc(N=C2S/C(=C/c3ccc(Br)cc3)C(=O)N2CCc2ccccc2)cc1. The van der Waals surface area contributed by atoms with Crippen LogP contribution in [-0.2, 0) is 11.2 Å². The minimum Gasteiger partial charge on any atom is -0.286 e. The maximum absolute atomic E-state index is 13.2. The van der Waals surface area contributed by atoms with Gasteiger partial charge in [-0.3, -0.25) is 9.69 Å². The number of thioether (sulfide) groups is 1. The van der Waals surface area contributed by atoms with E-state index in [1.54, 1.807) is 4.90 Å². The number of amidine groups is 1. The summed E-state index contributed by atoms with van der Waals surface area (Å²) in [5.74, 6) is 0.00436. The minimum atomic E-state index is 0.00436. The maximum atomic E-state index is 13.2. The lowest BCUT2D eigenvalue weighted by Crippen LogP contribution is -2.31. The Hall–Kier alpha value is -2.63. The molecule has 0 atom stereocenters. The summed E-state index contributed by atoms with van der Waals surface area (Å²) in [4.78, 5) is 20.5. The van der Waals surface area contributed by atoms with Gasteiger partial charge in [-0.2, -0.15) is 0 Å². The second-order valence-corrected chi connectivity index (χ2v) is 9.01. The van der Waals surface area contributed by atoms with Gasteiger partial charge in [0.25, 0.3) is 5.91 Å². The van der Waals surface area contributed by atoms with E-state index in [1.165, 1.54) is 22.9 Å². The summed E-state index contributed by atoms with van der Waals surface area (Å²) in [6.45, 7) is 2.65. The topological polar surface area (TPSA) is 32.7 Å². The molecule has 150 valence electrons. The molecule has 1 saturated heterocycles. The lowest BCUT2D eigenvalue weighted by Gasteiger charge is -2.15. The highest BCUT2D eigenvalue weighted by atomic mass is 79.9. The molecule has 0 spiro atoms. The molecule has 30 heavy (non-hydrogen) atoms. The number of benzene rings is 3. The first kappa shape index (κ1) is 20.6. The summed E-state index contributed by atoms with van der Waals surface area (Å²) in [6.07, 6.45) is 2.72. The van der Waals surface area contributed by atoms with Gasteiger partial charge in [0.15, 0.2) is 5.17 Å². The van der Waals surface area contributed by atoms with E-state index in [2.05, 4.69) is 35.0 Å². The van der Waals surface area contributed by atoms with E-state index in [0.29, 0.717) is 11.4 Å². The van der Waals surface area contributed by atoms with Crippen molar-refractivity contribution < 1.29 is 4.79 Å². The third kappa shape index (κ3) is 5.10. The van der Waals surface area contributed by atoms with Crippen LogP contribution in [0, 0.1) is 6.92 Å². The Bertz CT molecular complexity index is 1090. The molecule has 0 unspecified atom stereocenters. The smallest absolute Gasteiger partial charge is 0.266 e. The zero-order valence-corrected chi connectivity index (χ0v) is 19.0. The normalized spacial score (nSPS) is 16.6. The lowest BCUT2D eigenvalue weighted by molar-refractivity contribution is -0.122. The number of carbonyl (C=O) groups excluding carboxylic acids is 1. The molecule has 0 radical (unpaired) electrons. The van der Waals surface area contributed by atoms with Gasteiger partial charge in [-0.05, 0) is 66.6 Å². The Balaban J connectivity index is 1.63. The van der Waals surface area contributed by atoms with E-state index in [1.807, 2.05) is 72.8 Å². The van der Waals surface area contributed by atoms with E-state index >= 15 is 0 Å². The Morgan fingerprint density at radius 1 is 0.967 bits per heavy atom. The van der Waals surface area contributed by atoms with Crippen LogP contribution in [0.1, 0.15) is 16.7 Å². The third-order valence-corrected chi connectivity index (χ3v) is 6.32. The fraction of sp³-hybridized carbons (Fsp3) is 0.120. The highest BCUT2D eigenvalue weighted by Gasteiger charge is 2.33. The molecule has 0 N–H and O–H groups in total. The second-order valence-electron chi connectivity index (χ2n) is 7.08. The van der Waals surface area contributed by atoms with E-state index in [0.717, 1.165) is 27.3 Å². The first-order chi connectivity index (χ1) is 14.6. The molecule has 5 heteroatoms. The number of hydrogen-bond acceptors (Lipinski definition) is 3. The zero-order valence-electron chi connectivity index (χ0n) is 16.6. The summed E-state index contributed by atoms with van der Waals surface area (Å²) < 4.78 is 1.01. The monoisotopic (exact) mass is 476 g/mol. The van der Waals surface area contributed by atoms with E-state index < -0.39 is 0 Å². The quantitative estimate of drug-likeness (QED) is 0.388. The Morgan fingerprint density at radius 2 is 1.67 bits per heavy atom. The summed E-state index contributed by atoms with van der Waals surface area (Å²) in [5.41, 5.74) is 4.24. The fourth-order valence-electron chi connectivity index (χ4n) is 3.11. The number of amides is 1. The van der Waals surface area contributed by atoms with Crippen molar-refractivity contribution in [1.29, 1.82) is 0 Å². The largest absolute Gasteiger partial charge is 0.286 e. The second kappa shape index (κ2) is 9.45. The molecule has 0 aromatic heterocycles. The predicted molar refractivity (Wildman–Crippen MR) is 130 cm³/mol. The van der Waals surface area contributed by atoms with Crippen molar-refractivity contribution >= 4 is 50.5 Å². The summed E-state index contributed by atoms with van der Waals surface area (Å²) in [7, 11) is 0. The van der Waals surface area contributed by atoms with E-state index in [4.69, 9.17) is 4.99 Å². The van der Waals surface area contributed by atoms with Gasteiger partial charge in [-0.25, -0.2) is 4.99 Å². The number of carbonyl (C=O) groups is 1. The van der Waals surface area contributed by atoms with Crippen LogP contribution in [-0.4, -0.2) is 22.5 Å². The van der Waals surface area contributed by atoms with Crippen molar-refractivity contribution in [1.82, 2.24) is 4.90 Å². The van der Waals surface area contributed by atoms with Crippen LogP contribution in [0.15, 0.2) is 93.2 Å². The van der Waals surface area contributed by atoms with Gasteiger partial charge < -0.3 is 0 Å². The number of aliphatic imine (C=N–C) groups is 1. The molecule has 0 saturated carbocycles. The molecule has 1 heterocycles. The fourth-order valence-corrected chi connectivity index (χ4v) is 4.40. The molecular weight excluding hydrogens is 456 g/mol. The van der Waals surface area contributed by atoms with E-state index in [9.17, 15) is 4.79 Å². The van der Waals surface area contributed by atoms with Crippen LogP contribution < -0.4 is 0 Å². The van der Waals surface area contributed by atoms with Crippen molar-refractivity contribution in [2.75, 3.05) is 6.54 Å². The first-order valence-electron chi connectivity index (χ1n) is 9.75. The van der Waals surface area contributed by atoms with Gasteiger partial charge in [-0.1, -0.05) is 76.1 Å². The zero-order chi connectivity index (χ0) is 20.9. The van der Waals surface area contributed by atoms with Gasteiger partial charge >= 0.3 is 0 Å². The average molecular weight is 477 g/mol. The molecule has 3 aromatic rings. The number of nitrogens with zero attached hydrogens (tertiary/aromatic N) is 2. The summed E-state index contributed by atoms with van der Waals surface area (Å²) in [6, 6.07) is 26.2. The van der Waals surface area contributed by atoms with Crippen LogP contribution >= 0.6 is 27.7 Å². The van der Waals surface area contributed by atoms with Crippen LogP contribution in [0.3, 0.4) is 0 Å². The van der Waals surface area contributed by atoms with Gasteiger partial charge in [0.1, 0.15) is 0 Å². The average Bonchev–Trinajstić information content (AvgIpc) is 3.04. The number of rotatable bonds is 5. The van der Waals surface area contributed by atoms with Crippen molar-refractivity contribution in [3.05, 3.63) is 105 Å². The molecular formula is C25H21BrN2OS. The standard InChI is InChI=1S/C25H21BrN2OS/c1-18-7-13-22(14-8-18)27-25-28(16-15-19-5-3-2-4-6-19)24(29)23(30-25)17-20-9-11-21(26)12-10-20/h2-14,17H,15-16H2,1H3/b23-17+,27-25?. The molecule has 1 aliphatic rings. The van der Waals surface area contributed by atoms with Crippen molar-refractivity contribution in [2.45, 2.75) is 13.3 Å². The van der Waals surface area contributed by atoms with Gasteiger partial charge in [0.05, 0.1) is 10.6 Å². The molecule has 0 aliphatic carbocycles. The minimum absolute atomic E-state index is 0.00436. The predicted octanol–water partition coefficient (Wildman–Crippen LogP) is 6.60.